The number of amides is 1. The third-order valence-electron chi connectivity index (χ3n) is 5.26. The number of nitrogens with zero attached hydrogens (tertiary/aromatic N) is 2. The fourth-order valence-electron chi connectivity index (χ4n) is 3.81. The number of likely N-dealkylation sites (tertiary alicyclic amines) is 1. The molecule has 0 saturated carbocycles. The molecule has 1 atom stereocenters. The first-order valence-electron chi connectivity index (χ1n) is 8.56. The summed E-state index contributed by atoms with van der Waals surface area (Å²) >= 11 is 0. The number of carbonyl (C=O) groups is 1. The summed E-state index contributed by atoms with van der Waals surface area (Å²) in [6.07, 6.45) is 9.24. The highest BCUT2D eigenvalue weighted by molar-refractivity contribution is 5.85. The van der Waals surface area contributed by atoms with E-state index >= 15 is 0 Å². The molecule has 2 aliphatic rings. The van der Waals surface area contributed by atoms with E-state index in [2.05, 4.69) is 28.2 Å². The molecular weight excluding hydrogens is 345 g/mol. The van der Waals surface area contributed by atoms with Crippen molar-refractivity contribution >= 4 is 30.7 Å². The first-order chi connectivity index (χ1) is 10.7. The van der Waals surface area contributed by atoms with E-state index in [-0.39, 0.29) is 30.2 Å². The normalized spacial score (nSPS) is 24.6. The van der Waals surface area contributed by atoms with E-state index in [1.165, 1.54) is 5.56 Å². The number of hydrogen-bond acceptors (Lipinski definition) is 3. The minimum Gasteiger partial charge on any atom is -0.342 e. The highest BCUT2D eigenvalue weighted by Crippen LogP contribution is 2.30. The predicted octanol–water partition coefficient (Wildman–Crippen LogP) is 3.10. The molecule has 1 N–H and O–H groups in total. The van der Waals surface area contributed by atoms with Gasteiger partial charge in [0.1, 0.15) is 0 Å². The smallest absolute Gasteiger partial charge is 0.229 e. The standard InChI is InChI=1S/C18H27N3O.2ClH/c1-18(7-3-9-20-14-18)17(22)21-10-5-15(6-11-21)12-16-4-2-8-19-13-16;;/h2,4,8,13,15,20H,3,5-7,9-12,14H2,1H3;2*1H. The molecule has 0 aliphatic carbocycles. The average Bonchev–Trinajstić information content (AvgIpc) is 2.56. The van der Waals surface area contributed by atoms with Gasteiger partial charge in [-0.1, -0.05) is 6.07 Å². The Hall–Kier alpha value is -0.840. The summed E-state index contributed by atoms with van der Waals surface area (Å²) in [7, 11) is 0. The van der Waals surface area contributed by atoms with Crippen molar-refractivity contribution in [3.05, 3.63) is 30.1 Å². The SMILES string of the molecule is CC1(C(=O)N2CCC(Cc3cccnc3)CC2)CCCNC1.Cl.Cl. The van der Waals surface area contributed by atoms with E-state index in [1.807, 2.05) is 18.5 Å². The Balaban J connectivity index is 0.00000144. The number of piperidine rings is 2. The van der Waals surface area contributed by atoms with Crippen LogP contribution in [0, 0.1) is 11.3 Å². The maximum absolute atomic E-state index is 12.8. The van der Waals surface area contributed by atoms with E-state index in [0.29, 0.717) is 11.8 Å². The zero-order chi connectivity index (χ0) is 15.4. The summed E-state index contributed by atoms with van der Waals surface area (Å²) in [6, 6.07) is 4.16. The quantitative estimate of drug-likeness (QED) is 0.884. The summed E-state index contributed by atoms with van der Waals surface area (Å²) in [5.74, 6) is 1.05. The topological polar surface area (TPSA) is 45.2 Å². The van der Waals surface area contributed by atoms with Crippen LogP contribution in [0.3, 0.4) is 0 Å². The largest absolute Gasteiger partial charge is 0.342 e. The molecule has 1 unspecified atom stereocenters. The molecule has 2 fully saturated rings. The van der Waals surface area contributed by atoms with E-state index in [4.69, 9.17) is 0 Å². The molecule has 136 valence electrons. The van der Waals surface area contributed by atoms with Crippen LogP contribution in [0.1, 0.15) is 38.2 Å². The average molecular weight is 374 g/mol. The maximum Gasteiger partial charge on any atom is 0.229 e. The Bertz CT molecular complexity index is 498. The van der Waals surface area contributed by atoms with Gasteiger partial charge in [0.15, 0.2) is 0 Å². The first-order valence-corrected chi connectivity index (χ1v) is 8.56. The van der Waals surface area contributed by atoms with Gasteiger partial charge in [-0.05, 0) is 63.1 Å². The van der Waals surface area contributed by atoms with Crippen molar-refractivity contribution in [2.24, 2.45) is 11.3 Å². The molecular formula is C18H29Cl2N3O. The van der Waals surface area contributed by atoms with Gasteiger partial charge in [-0.2, -0.15) is 0 Å². The Morgan fingerprint density at radius 1 is 1.38 bits per heavy atom. The van der Waals surface area contributed by atoms with Gasteiger partial charge in [0.05, 0.1) is 5.41 Å². The van der Waals surface area contributed by atoms with Crippen molar-refractivity contribution in [3.63, 3.8) is 0 Å². The van der Waals surface area contributed by atoms with Gasteiger partial charge in [0, 0.05) is 32.0 Å². The Labute approximate surface area is 157 Å². The number of rotatable bonds is 3. The molecule has 3 rings (SSSR count). The second-order valence-electron chi connectivity index (χ2n) is 7.14. The number of hydrogen-bond donors (Lipinski definition) is 1. The molecule has 2 saturated heterocycles. The highest BCUT2D eigenvalue weighted by Gasteiger charge is 2.38. The van der Waals surface area contributed by atoms with Gasteiger partial charge in [-0.25, -0.2) is 0 Å². The van der Waals surface area contributed by atoms with Crippen molar-refractivity contribution in [1.82, 2.24) is 15.2 Å². The van der Waals surface area contributed by atoms with Gasteiger partial charge >= 0.3 is 0 Å². The van der Waals surface area contributed by atoms with Crippen LogP contribution < -0.4 is 5.32 Å². The van der Waals surface area contributed by atoms with Crippen LogP contribution in [0.5, 0.6) is 0 Å². The third kappa shape index (κ3) is 5.08. The van der Waals surface area contributed by atoms with Crippen LogP contribution in [0.2, 0.25) is 0 Å². The first kappa shape index (κ1) is 21.2. The minimum atomic E-state index is -0.186. The van der Waals surface area contributed by atoms with E-state index in [1.54, 1.807) is 0 Å². The van der Waals surface area contributed by atoms with Crippen LogP contribution in [-0.2, 0) is 11.2 Å². The second kappa shape index (κ2) is 9.59. The summed E-state index contributed by atoms with van der Waals surface area (Å²) in [6.45, 7) is 5.85. The molecule has 3 heterocycles. The maximum atomic E-state index is 12.8. The third-order valence-corrected chi connectivity index (χ3v) is 5.26. The highest BCUT2D eigenvalue weighted by atomic mass is 35.5. The van der Waals surface area contributed by atoms with Gasteiger partial charge in [-0.15, -0.1) is 24.8 Å². The van der Waals surface area contributed by atoms with Crippen LogP contribution in [-0.4, -0.2) is 42.0 Å². The number of aromatic nitrogens is 1. The summed E-state index contributed by atoms with van der Waals surface area (Å²) < 4.78 is 0. The van der Waals surface area contributed by atoms with Crippen LogP contribution in [0.15, 0.2) is 24.5 Å². The van der Waals surface area contributed by atoms with Crippen molar-refractivity contribution in [2.45, 2.75) is 39.0 Å². The molecule has 4 nitrogen and oxygen atoms in total. The van der Waals surface area contributed by atoms with Crippen molar-refractivity contribution in [3.8, 4) is 0 Å². The van der Waals surface area contributed by atoms with E-state index < -0.39 is 0 Å². The minimum absolute atomic E-state index is 0. The molecule has 0 radical (unpaired) electrons. The lowest BCUT2D eigenvalue weighted by atomic mass is 9.80. The van der Waals surface area contributed by atoms with Gasteiger partial charge in [0.25, 0.3) is 0 Å². The Morgan fingerprint density at radius 3 is 2.71 bits per heavy atom. The molecule has 2 aliphatic heterocycles. The van der Waals surface area contributed by atoms with Gasteiger partial charge < -0.3 is 10.2 Å². The Morgan fingerprint density at radius 2 is 2.12 bits per heavy atom. The predicted molar refractivity (Wildman–Crippen MR) is 102 cm³/mol. The summed E-state index contributed by atoms with van der Waals surface area (Å²) in [5.41, 5.74) is 1.13. The zero-order valence-electron chi connectivity index (χ0n) is 14.4. The van der Waals surface area contributed by atoms with Crippen molar-refractivity contribution in [1.29, 1.82) is 0 Å². The molecule has 1 amide bonds. The van der Waals surface area contributed by atoms with E-state index in [9.17, 15) is 4.79 Å². The zero-order valence-corrected chi connectivity index (χ0v) is 16.0. The van der Waals surface area contributed by atoms with Crippen LogP contribution >= 0.6 is 24.8 Å². The lowest BCUT2D eigenvalue weighted by Crippen LogP contribution is -2.52. The molecule has 0 spiro atoms. The molecule has 0 bridgehead atoms. The van der Waals surface area contributed by atoms with Gasteiger partial charge in [0.2, 0.25) is 5.91 Å². The van der Waals surface area contributed by atoms with Crippen molar-refractivity contribution < 1.29 is 4.79 Å². The second-order valence-corrected chi connectivity index (χ2v) is 7.14. The lowest BCUT2D eigenvalue weighted by molar-refractivity contribution is -0.143. The number of carbonyl (C=O) groups excluding carboxylic acids is 1. The molecule has 1 aromatic rings. The number of halogens is 2. The number of nitrogens with one attached hydrogen (secondary N) is 1. The van der Waals surface area contributed by atoms with Crippen LogP contribution in [0.4, 0.5) is 0 Å². The summed E-state index contributed by atoms with van der Waals surface area (Å²) in [4.78, 5) is 19.1. The Kier molecular flexibility index (Phi) is 8.48. The number of pyridine rings is 1. The molecule has 1 aromatic heterocycles. The monoisotopic (exact) mass is 373 g/mol. The molecule has 6 heteroatoms. The van der Waals surface area contributed by atoms with E-state index in [0.717, 1.165) is 58.3 Å². The lowest BCUT2D eigenvalue weighted by Gasteiger charge is -2.40. The molecule has 0 aromatic carbocycles. The van der Waals surface area contributed by atoms with Crippen molar-refractivity contribution in [2.75, 3.05) is 26.2 Å². The van der Waals surface area contributed by atoms with Crippen LogP contribution in [0.25, 0.3) is 0 Å². The van der Waals surface area contributed by atoms with Gasteiger partial charge in [-0.3, -0.25) is 9.78 Å². The fourth-order valence-corrected chi connectivity index (χ4v) is 3.81. The summed E-state index contributed by atoms with van der Waals surface area (Å²) in [5, 5.41) is 3.38. The molecule has 24 heavy (non-hydrogen) atoms. The fraction of sp³-hybridized carbons (Fsp3) is 0.667.